The van der Waals surface area contributed by atoms with Crippen molar-refractivity contribution in [2.75, 3.05) is 18.4 Å². The number of carbonyl (C=O) groups excluding carboxylic acids is 1. The molecule has 2 N–H and O–H groups in total. The smallest absolute Gasteiger partial charge is 0.336 e. The van der Waals surface area contributed by atoms with Crippen LogP contribution in [0.25, 0.3) is 0 Å². The van der Waals surface area contributed by atoms with Crippen LogP contribution in [0.15, 0.2) is 18.2 Å². The molecule has 1 fully saturated rings. The Balaban J connectivity index is 2.09. The van der Waals surface area contributed by atoms with Gasteiger partial charge in [-0.15, -0.1) is 0 Å². The number of hydrogen-bond donors (Lipinski definition) is 2. The third-order valence-electron chi connectivity index (χ3n) is 3.99. The number of carbonyl (C=O) groups is 2. The van der Waals surface area contributed by atoms with Gasteiger partial charge in [0.2, 0.25) is 0 Å². The van der Waals surface area contributed by atoms with Crippen molar-refractivity contribution < 1.29 is 14.7 Å². The number of rotatable bonds is 2. The molecule has 1 aromatic carbocycles. The Morgan fingerprint density at radius 3 is 2.40 bits per heavy atom. The Labute approximate surface area is 118 Å². The van der Waals surface area contributed by atoms with Crippen LogP contribution in [-0.4, -0.2) is 35.1 Å². The highest BCUT2D eigenvalue weighted by molar-refractivity contribution is 5.94. The second kappa shape index (κ2) is 5.53. The Morgan fingerprint density at radius 2 is 1.85 bits per heavy atom. The molecule has 0 aliphatic carbocycles. The molecule has 0 bridgehead atoms. The second-order valence-corrected chi connectivity index (χ2v) is 5.62. The number of aryl methyl sites for hydroxylation is 1. The first-order valence-electron chi connectivity index (χ1n) is 6.78. The third-order valence-corrected chi connectivity index (χ3v) is 3.99. The summed E-state index contributed by atoms with van der Waals surface area (Å²) in [5, 5.41) is 11.9. The largest absolute Gasteiger partial charge is 0.478 e. The van der Waals surface area contributed by atoms with E-state index < -0.39 is 5.97 Å². The van der Waals surface area contributed by atoms with Gasteiger partial charge in [-0.2, -0.15) is 0 Å². The summed E-state index contributed by atoms with van der Waals surface area (Å²) in [6, 6.07) is 4.76. The van der Waals surface area contributed by atoms with Crippen molar-refractivity contribution in [3.8, 4) is 0 Å². The molecule has 1 aliphatic rings. The van der Waals surface area contributed by atoms with Gasteiger partial charge in [0, 0.05) is 18.8 Å². The standard InChI is InChI=1S/C15H20N2O3/c1-9-4-5-12(6-13(9)14(18)19)16-15(20)17-7-10(2)11(3)8-17/h4-6,10-11H,7-8H2,1-3H3,(H,16,20)(H,18,19). The molecule has 1 heterocycles. The molecule has 108 valence electrons. The van der Waals surface area contributed by atoms with Gasteiger partial charge in [-0.05, 0) is 36.5 Å². The lowest BCUT2D eigenvalue weighted by Crippen LogP contribution is -2.33. The van der Waals surface area contributed by atoms with E-state index in [-0.39, 0.29) is 11.6 Å². The van der Waals surface area contributed by atoms with E-state index in [9.17, 15) is 9.59 Å². The molecule has 1 saturated heterocycles. The molecule has 1 aliphatic heterocycles. The molecule has 5 nitrogen and oxygen atoms in total. The van der Waals surface area contributed by atoms with E-state index >= 15 is 0 Å². The van der Waals surface area contributed by atoms with Gasteiger partial charge in [0.25, 0.3) is 0 Å². The monoisotopic (exact) mass is 276 g/mol. The summed E-state index contributed by atoms with van der Waals surface area (Å²) in [5.74, 6) is 0.00344. The zero-order valence-electron chi connectivity index (χ0n) is 12.0. The molecular formula is C15H20N2O3. The maximum atomic E-state index is 12.1. The lowest BCUT2D eigenvalue weighted by atomic mass is 10.0. The highest BCUT2D eigenvalue weighted by Crippen LogP contribution is 2.23. The fourth-order valence-electron chi connectivity index (χ4n) is 2.43. The lowest BCUT2D eigenvalue weighted by Gasteiger charge is -2.17. The van der Waals surface area contributed by atoms with Gasteiger partial charge in [0.1, 0.15) is 0 Å². The van der Waals surface area contributed by atoms with Crippen LogP contribution in [0.5, 0.6) is 0 Å². The van der Waals surface area contributed by atoms with Gasteiger partial charge in [-0.3, -0.25) is 0 Å². The van der Waals surface area contributed by atoms with Gasteiger partial charge in [-0.1, -0.05) is 19.9 Å². The molecule has 5 heteroatoms. The SMILES string of the molecule is Cc1ccc(NC(=O)N2CC(C)C(C)C2)cc1C(=O)O. The van der Waals surface area contributed by atoms with E-state index in [0.29, 0.717) is 23.1 Å². The third kappa shape index (κ3) is 2.92. The Bertz CT molecular complexity index is 532. The summed E-state index contributed by atoms with van der Waals surface area (Å²) >= 11 is 0. The zero-order valence-corrected chi connectivity index (χ0v) is 12.0. The summed E-state index contributed by atoms with van der Waals surface area (Å²) in [6.07, 6.45) is 0. The number of aromatic carboxylic acids is 1. The normalized spacial score (nSPS) is 21.9. The predicted molar refractivity (Wildman–Crippen MR) is 77.1 cm³/mol. The number of benzene rings is 1. The van der Waals surface area contributed by atoms with Gasteiger partial charge in [-0.25, -0.2) is 9.59 Å². The van der Waals surface area contributed by atoms with Crippen LogP contribution in [0.4, 0.5) is 10.5 Å². The molecule has 2 rings (SSSR count). The van der Waals surface area contributed by atoms with Crippen LogP contribution in [0, 0.1) is 18.8 Å². The van der Waals surface area contributed by atoms with Crippen molar-refractivity contribution in [1.29, 1.82) is 0 Å². The van der Waals surface area contributed by atoms with E-state index in [2.05, 4.69) is 19.2 Å². The predicted octanol–water partition coefficient (Wildman–Crippen LogP) is 2.81. The number of hydrogen-bond acceptors (Lipinski definition) is 2. The van der Waals surface area contributed by atoms with E-state index in [1.165, 1.54) is 6.07 Å². The average molecular weight is 276 g/mol. The first kappa shape index (κ1) is 14.4. The first-order valence-corrected chi connectivity index (χ1v) is 6.78. The molecule has 0 saturated carbocycles. The lowest BCUT2D eigenvalue weighted by molar-refractivity contribution is 0.0696. The van der Waals surface area contributed by atoms with Crippen molar-refractivity contribution in [2.45, 2.75) is 20.8 Å². The maximum Gasteiger partial charge on any atom is 0.336 e. The molecular weight excluding hydrogens is 256 g/mol. The molecule has 0 radical (unpaired) electrons. The van der Waals surface area contributed by atoms with Crippen LogP contribution in [0.3, 0.4) is 0 Å². The van der Waals surface area contributed by atoms with Crippen molar-refractivity contribution in [3.63, 3.8) is 0 Å². The fraction of sp³-hybridized carbons (Fsp3) is 0.467. The van der Waals surface area contributed by atoms with E-state index in [1.807, 2.05) is 0 Å². The minimum absolute atomic E-state index is 0.165. The van der Waals surface area contributed by atoms with E-state index in [4.69, 9.17) is 5.11 Å². The van der Waals surface area contributed by atoms with Crippen LogP contribution in [0.1, 0.15) is 29.8 Å². The van der Waals surface area contributed by atoms with E-state index in [0.717, 1.165) is 13.1 Å². The van der Waals surface area contributed by atoms with Crippen LogP contribution in [0.2, 0.25) is 0 Å². The number of carboxylic acids is 1. The van der Waals surface area contributed by atoms with Crippen molar-refractivity contribution in [3.05, 3.63) is 29.3 Å². The summed E-state index contributed by atoms with van der Waals surface area (Å²) in [4.78, 5) is 25.0. The number of nitrogens with one attached hydrogen (secondary N) is 1. The Hall–Kier alpha value is -2.04. The second-order valence-electron chi connectivity index (χ2n) is 5.62. The van der Waals surface area contributed by atoms with Crippen LogP contribution < -0.4 is 5.32 Å². The molecule has 2 amide bonds. The van der Waals surface area contributed by atoms with Gasteiger partial charge < -0.3 is 15.3 Å². The number of amides is 2. The number of carboxylic acid groups (broad SMARTS) is 1. The number of likely N-dealkylation sites (tertiary alicyclic amines) is 1. The quantitative estimate of drug-likeness (QED) is 0.872. The van der Waals surface area contributed by atoms with Gasteiger partial charge in [0.15, 0.2) is 0 Å². The van der Waals surface area contributed by atoms with Crippen molar-refractivity contribution in [1.82, 2.24) is 4.90 Å². The minimum Gasteiger partial charge on any atom is -0.478 e. The van der Waals surface area contributed by atoms with Crippen LogP contribution in [-0.2, 0) is 0 Å². The summed E-state index contributed by atoms with van der Waals surface area (Å²) in [7, 11) is 0. The Morgan fingerprint density at radius 1 is 1.25 bits per heavy atom. The Kier molecular flexibility index (Phi) is 3.97. The average Bonchev–Trinajstić information content (AvgIpc) is 2.72. The summed E-state index contributed by atoms with van der Waals surface area (Å²) in [5.41, 5.74) is 1.41. The van der Waals surface area contributed by atoms with Crippen molar-refractivity contribution in [2.24, 2.45) is 11.8 Å². The van der Waals surface area contributed by atoms with Gasteiger partial charge >= 0.3 is 12.0 Å². The number of nitrogens with zero attached hydrogens (tertiary/aromatic N) is 1. The molecule has 2 atom stereocenters. The minimum atomic E-state index is -0.984. The summed E-state index contributed by atoms with van der Waals surface area (Å²) in [6.45, 7) is 7.48. The fourth-order valence-corrected chi connectivity index (χ4v) is 2.43. The van der Waals surface area contributed by atoms with Gasteiger partial charge in [0.05, 0.1) is 5.56 Å². The number of urea groups is 1. The highest BCUT2D eigenvalue weighted by Gasteiger charge is 2.29. The van der Waals surface area contributed by atoms with E-state index in [1.54, 1.807) is 24.0 Å². The molecule has 0 spiro atoms. The topological polar surface area (TPSA) is 69.6 Å². The molecule has 2 unspecified atom stereocenters. The molecule has 0 aromatic heterocycles. The van der Waals surface area contributed by atoms with Crippen LogP contribution >= 0.6 is 0 Å². The van der Waals surface area contributed by atoms with Crippen molar-refractivity contribution >= 4 is 17.7 Å². The zero-order chi connectivity index (χ0) is 14.9. The summed E-state index contributed by atoms with van der Waals surface area (Å²) < 4.78 is 0. The molecule has 20 heavy (non-hydrogen) atoms. The number of anilines is 1. The first-order chi connectivity index (χ1) is 9.38. The maximum absolute atomic E-state index is 12.1. The molecule has 1 aromatic rings. The highest BCUT2D eigenvalue weighted by atomic mass is 16.4.